The first-order chi connectivity index (χ1) is 14.0. The lowest BCUT2D eigenvalue weighted by atomic mass is 10.1. The Morgan fingerprint density at radius 2 is 1.38 bits per heavy atom. The molecule has 0 radical (unpaired) electrons. The highest BCUT2D eigenvalue weighted by Crippen LogP contribution is 2.24. The summed E-state index contributed by atoms with van der Waals surface area (Å²) in [5.74, 6) is -0.748. The molecule has 1 atom stereocenters. The summed E-state index contributed by atoms with van der Waals surface area (Å²) in [6.07, 6.45) is 0. The van der Waals surface area contributed by atoms with Gasteiger partial charge in [-0.05, 0) is 42.3 Å². The molecule has 29 heavy (non-hydrogen) atoms. The Hall–Kier alpha value is -3.73. The number of imide groups is 1. The van der Waals surface area contributed by atoms with E-state index in [-0.39, 0.29) is 30.3 Å². The van der Waals surface area contributed by atoms with E-state index in [1.165, 1.54) is 4.90 Å². The number of benzene rings is 3. The second kappa shape index (κ2) is 7.72. The molecule has 5 heteroatoms. The fraction of sp³-hybridized carbons (Fsp3) is 0.125. The molecule has 144 valence electrons. The molecule has 0 saturated heterocycles. The summed E-state index contributed by atoms with van der Waals surface area (Å²) in [6, 6.07) is 23.4. The molecule has 1 aliphatic heterocycles. The molecule has 0 fully saturated rings. The smallest absolute Gasteiger partial charge is 0.261 e. The number of nitrogens with zero attached hydrogens (tertiary/aromatic N) is 1. The Labute approximate surface area is 169 Å². The highest BCUT2D eigenvalue weighted by Gasteiger charge is 2.34. The Bertz CT molecular complexity index is 1040. The van der Waals surface area contributed by atoms with Gasteiger partial charge in [-0.2, -0.15) is 0 Å². The first kappa shape index (κ1) is 18.6. The molecule has 1 heterocycles. The predicted octanol–water partition coefficient (Wildman–Crippen LogP) is 3.97. The van der Waals surface area contributed by atoms with E-state index in [2.05, 4.69) is 5.32 Å². The SMILES string of the molecule is CC(NC(=O)c1ccc(CN2C(=O)c3ccccc3C2=O)cc1)c1ccccc1. The van der Waals surface area contributed by atoms with Gasteiger partial charge in [-0.1, -0.05) is 54.6 Å². The first-order valence-electron chi connectivity index (χ1n) is 9.44. The summed E-state index contributed by atoms with van der Waals surface area (Å²) in [4.78, 5) is 38.7. The molecule has 1 aliphatic rings. The van der Waals surface area contributed by atoms with Gasteiger partial charge in [0.2, 0.25) is 0 Å². The lowest BCUT2D eigenvalue weighted by molar-refractivity contribution is 0.0641. The van der Waals surface area contributed by atoms with Gasteiger partial charge in [0.1, 0.15) is 0 Å². The van der Waals surface area contributed by atoms with Gasteiger partial charge in [0.05, 0.1) is 23.7 Å². The van der Waals surface area contributed by atoms with Crippen LogP contribution in [0.1, 0.15) is 55.2 Å². The van der Waals surface area contributed by atoms with Gasteiger partial charge >= 0.3 is 0 Å². The quantitative estimate of drug-likeness (QED) is 0.677. The molecule has 0 aromatic heterocycles. The van der Waals surface area contributed by atoms with E-state index in [4.69, 9.17) is 0 Å². The zero-order valence-electron chi connectivity index (χ0n) is 16.0. The summed E-state index contributed by atoms with van der Waals surface area (Å²) in [7, 11) is 0. The maximum absolute atomic E-state index is 12.5. The molecule has 3 aromatic carbocycles. The van der Waals surface area contributed by atoms with Crippen LogP contribution in [0.2, 0.25) is 0 Å². The van der Waals surface area contributed by atoms with Crippen LogP contribution in [0.3, 0.4) is 0 Å². The van der Waals surface area contributed by atoms with E-state index in [9.17, 15) is 14.4 Å². The molecular formula is C24H20N2O3. The predicted molar refractivity (Wildman–Crippen MR) is 109 cm³/mol. The number of hydrogen-bond acceptors (Lipinski definition) is 3. The van der Waals surface area contributed by atoms with Crippen molar-refractivity contribution >= 4 is 17.7 Å². The highest BCUT2D eigenvalue weighted by atomic mass is 16.2. The summed E-state index contributed by atoms with van der Waals surface area (Å²) in [6.45, 7) is 2.11. The zero-order valence-corrected chi connectivity index (χ0v) is 16.0. The topological polar surface area (TPSA) is 66.5 Å². The van der Waals surface area contributed by atoms with Gasteiger partial charge in [0, 0.05) is 5.56 Å². The van der Waals surface area contributed by atoms with E-state index in [0.717, 1.165) is 11.1 Å². The van der Waals surface area contributed by atoms with E-state index >= 15 is 0 Å². The number of carbonyl (C=O) groups excluding carboxylic acids is 3. The van der Waals surface area contributed by atoms with Crippen molar-refractivity contribution in [2.75, 3.05) is 0 Å². The average Bonchev–Trinajstić information content (AvgIpc) is 3.00. The summed E-state index contributed by atoms with van der Waals surface area (Å²) in [5.41, 5.74) is 3.21. The van der Waals surface area contributed by atoms with Gasteiger partial charge in [-0.3, -0.25) is 19.3 Å². The second-order valence-corrected chi connectivity index (χ2v) is 7.04. The van der Waals surface area contributed by atoms with Crippen LogP contribution >= 0.6 is 0 Å². The number of amides is 3. The van der Waals surface area contributed by atoms with Crippen molar-refractivity contribution in [3.05, 3.63) is 107 Å². The number of fused-ring (bicyclic) bond motifs is 1. The molecule has 4 rings (SSSR count). The Morgan fingerprint density at radius 3 is 1.97 bits per heavy atom. The fourth-order valence-electron chi connectivity index (χ4n) is 3.43. The lowest BCUT2D eigenvalue weighted by Crippen LogP contribution is -2.29. The summed E-state index contributed by atoms with van der Waals surface area (Å²) < 4.78 is 0. The molecule has 0 aliphatic carbocycles. The second-order valence-electron chi connectivity index (χ2n) is 7.04. The first-order valence-corrected chi connectivity index (χ1v) is 9.44. The van der Waals surface area contributed by atoms with Gasteiger partial charge in [0.25, 0.3) is 17.7 Å². The van der Waals surface area contributed by atoms with Gasteiger partial charge in [-0.25, -0.2) is 0 Å². The van der Waals surface area contributed by atoms with Gasteiger partial charge in [0.15, 0.2) is 0 Å². The molecular weight excluding hydrogens is 364 g/mol. The monoisotopic (exact) mass is 384 g/mol. The van der Waals surface area contributed by atoms with Crippen LogP contribution in [-0.2, 0) is 6.54 Å². The molecule has 3 amide bonds. The van der Waals surface area contributed by atoms with Crippen molar-refractivity contribution in [1.82, 2.24) is 10.2 Å². The molecule has 1 N–H and O–H groups in total. The fourth-order valence-corrected chi connectivity index (χ4v) is 3.43. The molecule has 1 unspecified atom stereocenters. The number of carbonyl (C=O) groups is 3. The third-order valence-electron chi connectivity index (χ3n) is 5.08. The van der Waals surface area contributed by atoms with Crippen LogP contribution in [0, 0.1) is 0 Å². The van der Waals surface area contributed by atoms with Crippen LogP contribution in [0.5, 0.6) is 0 Å². The van der Waals surface area contributed by atoms with Crippen molar-refractivity contribution in [3.8, 4) is 0 Å². The van der Waals surface area contributed by atoms with E-state index < -0.39 is 0 Å². The zero-order chi connectivity index (χ0) is 20.4. The van der Waals surface area contributed by atoms with Gasteiger partial charge < -0.3 is 5.32 Å². The maximum atomic E-state index is 12.5. The minimum absolute atomic E-state index is 0.110. The summed E-state index contributed by atoms with van der Waals surface area (Å²) in [5, 5.41) is 2.97. The number of rotatable bonds is 5. The normalized spacial score (nSPS) is 13.9. The molecule has 5 nitrogen and oxygen atoms in total. The minimum Gasteiger partial charge on any atom is -0.346 e. The van der Waals surface area contributed by atoms with E-state index in [0.29, 0.717) is 16.7 Å². The van der Waals surface area contributed by atoms with Crippen molar-refractivity contribution in [1.29, 1.82) is 0 Å². The van der Waals surface area contributed by atoms with Crippen LogP contribution in [0.25, 0.3) is 0 Å². The van der Waals surface area contributed by atoms with E-state index in [1.807, 2.05) is 37.3 Å². The number of hydrogen-bond donors (Lipinski definition) is 1. The number of nitrogens with one attached hydrogen (secondary N) is 1. The third kappa shape index (κ3) is 3.67. The van der Waals surface area contributed by atoms with Crippen LogP contribution in [0.4, 0.5) is 0 Å². The minimum atomic E-state index is -0.288. The van der Waals surface area contributed by atoms with Crippen molar-refractivity contribution in [2.24, 2.45) is 0 Å². The van der Waals surface area contributed by atoms with Crippen molar-refractivity contribution < 1.29 is 14.4 Å². The highest BCUT2D eigenvalue weighted by molar-refractivity contribution is 6.21. The lowest BCUT2D eigenvalue weighted by Gasteiger charge is -2.16. The largest absolute Gasteiger partial charge is 0.346 e. The Balaban J connectivity index is 1.43. The van der Waals surface area contributed by atoms with Gasteiger partial charge in [-0.15, -0.1) is 0 Å². The third-order valence-corrected chi connectivity index (χ3v) is 5.08. The maximum Gasteiger partial charge on any atom is 0.261 e. The van der Waals surface area contributed by atoms with Crippen LogP contribution in [0.15, 0.2) is 78.9 Å². The summed E-state index contributed by atoms with van der Waals surface area (Å²) >= 11 is 0. The van der Waals surface area contributed by atoms with Crippen LogP contribution in [-0.4, -0.2) is 22.6 Å². The van der Waals surface area contributed by atoms with Crippen molar-refractivity contribution in [2.45, 2.75) is 19.5 Å². The van der Waals surface area contributed by atoms with E-state index in [1.54, 1.807) is 48.5 Å². The Morgan fingerprint density at radius 1 is 0.828 bits per heavy atom. The Kier molecular flexibility index (Phi) is 4.96. The standard InChI is InChI=1S/C24H20N2O3/c1-16(18-7-3-2-4-8-18)25-22(27)19-13-11-17(12-14-19)15-26-23(28)20-9-5-6-10-21(20)24(26)29/h2-14,16H,15H2,1H3,(H,25,27). The molecule has 0 saturated carbocycles. The van der Waals surface area contributed by atoms with Crippen molar-refractivity contribution in [3.63, 3.8) is 0 Å². The molecule has 3 aromatic rings. The average molecular weight is 384 g/mol. The molecule has 0 spiro atoms. The molecule has 0 bridgehead atoms. The van der Waals surface area contributed by atoms with Crippen LogP contribution < -0.4 is 5.32 Å².